The minimum Gasteiger partial charge on any atom is -0.456 e. The van der Waals surface area contributed by atoms with Crippen LogP contribution in [-0.2, 0) is 10.3 Å². The second-order valence-corrected chi connectivity index (χ2v) is 9.23. The smallest absolute Gasteiger partial charge is 0.340 e. The van der Waals surface area contributed by atoms with Gasteiger partial charge in [0.25, 0.3) is 0 Å². The molecule has 0 amide bonds. The molecule has 6 rings (SSSR count). The summed E-state index contributed by atoms with van der Waals surface area (Å²) in [7, 11) is 0. The lowest BCUT2D eigenvalue weighted by atomic mass is 9.77. The number of nitrogens with zero attached hydrogens (tertiary/aromatic N) is 1. The van der Waals surface area contributed by atoms with E-state index in [1.165, 1.54) is 6.42 Å². The molecule has 3 aliphatic rings. The maximum absolute atomic E-state index is 13.1. The van der Waals surface area contributed by atoms with Crippen molar-refractivity contribution in [2.24, 2.45) is 0 Å². The quantitative estimate of drug-likeness (QED) is 0.321. The van der Waals surface area contributed by atoms with Gasteiger partial charge in [0.1, 0.15) is 11.5 Å². The summed E-state index contributed by atoms with van der Waals surface area (Å²) in [4.78, 5) is 15.4. The number of fused-ring (bicyclic) bond motifs is 6. The van der Waals surface area contributed by atoms with Crippen LogP contribution in [-0.4, -0.2) is 25.6 Å². The third-order valence-electron chi connectivity index (χ3n) is 7.03. The molecule has 0 bridgehead atoms. The molecule has 35 heavy (non-hydrogen) atoms. The maximum Gasteiger partial charge on any atom is 0.340 e. The van der Waals surface area contributed by atoms with Gasteiger partial charge in [-0.05, 0) is 50.1 Å². The van der Waals surface area contributed by atoms with Crippen LogP contribution >= 0.6 is 0 Å². The zero-order valence-electron chi connectivity index (χ0n) is 21.1. The Hall–Kier alpha value is -3.47. The van der Waals surface area contributed by atoms with E-state index >= 15 is 0 Å². The van der Waals surface area contributed by atoms with E-state index in [-0.39, 0.29) is 5.97 Å². The average molecular weight is 471 g/mol. The van der Waals surface area contributed by atoms with Crippen LogP contribution in [0.3, 0.4) is 0 Å². The first-order chi connectivity index (χ1) is 17.1. The fourth-order valence-electron chi connectivity index (χ4n) is 5.12. The Kier molecular flexibility index (Phi) is 6.18. The number of rotatable bonds is 5. The number of aryl methyl sites for hydroxylation is 1. The molecule has 182 valence electrons. The Bertz CT molecular complexity index is 1260. The van der Waals surface area contributed by atoms with Crippen LogP contribution in [0.2, 0.25) is 0 Å². The molecule has 5 heteroatoms. The van der Waals surface area contributed by atoms with Crippen LogP contribution in [0.25, 0.3) is 0 Å². The van der Waals surface area contributed by atoms with E-state index in [1.54, 1.807) is 0 Å². The molecule has 0 aliphatic carbocycles. The minimum absolute atomic E-state index is 0.288. The van der Waals surface area contributed by atoms with E-state index < -0.39 is 5.60 Å². The van der Waals surface area contributed by atoms with E-state index in [0.717, 1.165) is 77.6 Å². The SMILES string of the molecule is CC.CCCCNc1ccc2c(c1)Oc1cc(N3CCC3)ccc1C21OC(=O)c2cc(C)ccc21. The normalized spacial score (nSPS) is 18.9. The van der Waals surface area contributed by atoms with Crippen LogP contribution in [0.4, 0.5) is 11.4 Å². The predicted octanol–water partition coefficient (Wildman–Crippen LogP) is 7.01. The summed E-state index contributed by atoms with van der Waals surface area (Å²) in [6.07, 6.45) is 3.45. The summed E-state index contributed by atoms with van der Waals surface area (Å²) in [5, 5.41) is 3.49. The molecule has 3 aromatic carbocycles. The first-order valence-corrected chi connectivity index (χ1v) is 12.9. The lowest BCUT2D eigenvalue weighted by molar-refractivity contribution is 0.0224. The van der Waals surface area contributed by atoms with Crippen molar-refractivity contribution in [1.82, 2.24) is 0 Å². The van der Waals surface area contributed by atoms with E-state index in [9.17, 15) is 4.79 Å². The molecule has 1 N–H and O–H groups in total. The first kappa shape index (κ1) is 23.3. The molecule has 1 unspecified atom stereocenters. The number of carbonyl (C=O) groups excluding carboxylic acids is 1. The number of nitrogens with one attached hydrogen (secondary N) is 1. The lowest BCUT2D eigenvalue weighted by Crippen LogP contribution is -2.37. The number of unbranched alkanes of at least 4 members (excludes halogenated alkanes) is 1. The highest BCUT2D eigenvalue weighted by Gasteiger charge is 2.53. The van der Waals surface area contributed by atoms with Gasteiger partial charge in [0.05, 0.1) is 5.56 Å². The summed E-state index contributed by atoms with van der Waals surface area (Å²) < 4.78 is 12.8. The van der Waals surface area contributed by atoms with E-state index in [1.807, 2.05) is 51.1 Å². The second-order valence-electron chi connectivity index (χ2n) is 9.23. The molecule has 3 aromatic rings. The van der Waals surface area contributed by atoms with Gasteiger partial charge < -0.3 is 19.7 Å². The Labute approximate surface area is 208 Å². The van der Waals surface area contributed by atoms with Crippen molar-refractivity contribution in [1.29, 1.82) is 0 Å². The highest BCUT2D eigenvalue weighted by molar-refractivity contribution is 5.97. The Morgan fingerprint density at radius 3 is 2.37 bits per heavy atom. The van der Waals surface area contributed by atoms with Gasteiger partial charge in [-0.2, -0.15) is 0 Å². The average Bonchev–Trinajstić information content (AvgIpc) is 3.11. The molecular weight excluding hydrogens is 436 g/mol. The number of carbonyl (C=O) groups is 1. The van der Waals surface area contributed by atoms with Crippen molar-refractivity contribution in [3.63, 3.8) is 0 Å². The second kappa shape index (κ2) is 9.29. The number of esters is 1. The maximum atomic E-state index is 13.1. The van der Waals surface area contributed by atoms with Gasteiger partial charge in [-0.25, -0.2) is 4.79 Å². The van der Waals surface area contributed by atoms with Gasteiger partial charge in [-0.1, -0.05) is 44.9 Å². The van der Waals surface area contributed by atoms with Crippen LogP contribution in [0.1, 0.15) is 72.6 Å². The fraction of sp³-hybridized carbons (Fsp3) is 0.367. The minimum atomic E-state index is -1.00. The molecule has 0 saturated carbocycles. The van der Waals surface area contributed by atoms with Gasteiger partial charge in [-0.3, -0.25) is 0 Å². The molecule has 1 saturated heterocycles. The molecule has 1 atom stereocenters. The summed E-state index contributed by atoms with van der Waals surface area (Å²) >= 11 is 0. The monoisotopic (exact) mass is 470 g/mol. The predicted molar refractivity (Wildman–Crippen MR) is 141 cm³/mol. The van der Waals surface area contributed by atoms with Crippen LogP contribution in [0.5, 0.6) is 11.5 Å². The number of benzene rings is 3. The summed E-state index contributed by atoms with van der Waals surface area (Å²) in [6.45, 7) is 11.2. The zero-order chi connectivity index (χ0) is 24.6. The molecule has 1 fully saturated rings. The molecule has 0 radical (unpaired) electrons. The number of ether oxygens (including phenoxy) is 2. The van der Waals surface area contributed by atoms with Crippen molar-refractivity contribution in [2.75, 3.05) is 29.9 Å². The molecule has 1 spiro atoms. The van der Waals surface area contributed by atoms with E-state index in [0.29, 0.717) is 5.56 Å². The van der Waals surface area contributed by atoms with Crippen molar-refractivity contribution in [3.8, 4) is 11.5 Å². The highest BCUT2D eigenvalue weighted by atomic mass is 16.6. The topological polar surface area (TPSA) is 50.8 Å². The number of hydrogen-bond donors (Lipinski definition) is 1. The van der Waals surface area contributed by atoms with E-state index in [2.05, 4.69) is 41.4 Å². The van der Waals surface area contributed by atoms with Crippen molar-refractivity contribution in [3.05, 3.63) is 82.4 Å². The molecule has 0 aromatic heterocycles. The molecule has 5 nitrogen and oxygen atoms in total. The Morgan fingerprint density at radius 1 is 0.943 bits per heavy atom. The van der Waals surface area contributed by atoms with Crippen LogP contribution < -0.4 is 15.0 Å². The largest absolute Gasteiger partial charge is 0.456 e. The molecular formula is C30H34N2O3. The van der Waals surface area contributed by atoms with Gasteiger partial charge in [0, 0.05) is 59.8 Å². The standard InChI is InChI=1S/C28H28N2O3.C2H6/c1-3-4-12-29-19-7-10-23-25(16-19)32-26-17-20(30-13-5-14-30)8-11-24(26)28(23)22-9-6-18(2)15-21(22)27(31)33-28;1-2/h6-11,15-17,29H,3-5,12-14H2,1-2H3;1-2H3. The fourth-order valence-corrected chi connectivity index (χ4v) is 5.12. The highest BCUT2D eigenvalue weighted by Crippen LogP contribution is 2.57. The summed E-state index contributed by atoms with van der Waals surface area (Å²) in [6, 6.07) is 18.4. The number of hydrogen-bond acceptors (Lipinski definition) is 5. The Morgan fingerprint density at radius 2 is 1.66 bits per heavy atom. The molecule has 3 heterocycles. The summed E-state index contributed by atoms with van der Waals surface area (Å²) in [5.74, 6) is 1.19. The molecule has 3 aliphatic heterocycles. The summed E-state index contributed by atoms with van der Waals surface area (Å²) in [5.41, 5.74) is 5.44. The van der Waals surface area contributed by atoms with Crippen LogP contribution in [0, 0.1) is 6.92 Å². The number of anilines is 2. The van der Waals surface area contributed by atoms with Crippen molar-refractivity contribution < 1.29 is 14.3 Å². The van der Waals surface area contributed by atoms with Gasteiger partial charge in [-0.15, -0.1) is 0 Å². The van der Waals surface area contributed by atoms with E-state index in [4.69, 9.17) is 9.47 Å². The van der Waals surface area contributed by atoms with Crippen molar-refractivity contribution >= 4 is 17.3 Å². The lowest BCUT2D eigenvalue weighted by Gasteiger charge is -2.38. The van der Waals surface area contributed by atoms with Crippen LogP contribution in [0.15, 0.2) is 54.6 Å². The third kappa shape index (κ3) is 3.74. The van der Waals surface area contributed by atoms with Gasteiger partial charge in [0.15, 0.2) is 5.60 Å². The Balaban J connectivity index is 0.00000124. The zero-order valence-corrected chi connectivity index (χ0v) is 21.1. The first-order valence-electron chi connectivity index (χ1n) is 12.9. The third-order valence-corrected chi connectivity index (χ3v) is 7.03. The van der Waals surface area contributed by atoms with Gasteiger partial charge in [0.2, 0.25) is 0 Å². The van der Waals surface area contributed by atoms with Gasteiger partial charge >= 0.3 is 5.97 Å². The van der Waals surface area contributed by atoms with Crippen molar-refractivity contribution in [2.45, 2.75) is 52.6 Å².